The minimum atomic E-state index is 0.426. The van der Waals surface area contributed by atoms with Crippen LogP contribution in [0.2, 0.25) is 0 Å². The van der Waals surface area contributed by atoms with Gasteiger partial charge in [-0.25, -0.2) is 0 Å². The third-order valence-corrected chi connectivity index (χ3v) is 7.37. The maximum Gasteiger partial charge on any atom is 0.0607 e. The SMILES string of the molecule is C(=C\CN(C[C@@H]1CCc2ccccc2C1)[C@H]1CCCc2cccnc21)/CNCc1cccnc1. The molecule has 0 radical (unpaired) electrons. The summed E-state index contributed by atoms with van der Waals surface area (Å²) in [7, 11) is 0. The second-order valence-electron chi connectivity index (χ2n) is 9.75. The van der Waals surface area contributed by atoms with Gasteiger partial charge in [-0.05, 0) is 78.8 Å². The lowest BCUT2D eigenvalue weighted by Crippen LogP contribution is -2.37. The van der Waals surface area contributed by atoms with E-state index in [1.807, 2.05) is 24.7 Å². The summed E-state index contributed by atoms with van der Waals surface area (Å²) in [6.45, 7) is 3.85. The molecule has 176 valence electrons. The summed E-state index contributed by atoms with van der Waals surface area (Å²) < 4.78 is 0. The van der Waals surface area contributed by atoms with E-state index in [-0.39, 0.29) is 0 Å². The molecule has 2 aromatic heterocycles. The molecule has 2 atom stereocenters. The second kappa shape index (κ2) is 11.5. The van der Waals surface area contributed by atoms with Gasteiger partial charge in [-0.2, -0.15) is 0 Å². The molecule has 0 fully saturated rings. The van der Waals surface area contributed by atoms with Crippen molar-refractivity contribution < 1.29 is 0 Å². The van der Waals surface area contributed by atoms with Crippen molar-refractivity contribution in [1.82, 2.24) is 20.2 Å². The Morgan fingerprint density at radius 3 is 2.71 bits per heavy atom. The number of pyridine rings is 2. The van der Waals surface area contributed by atoms with Crippen LogP contribution < -0.4 is 5.32 Å². The van der Waals surface area contributed by atoms with E-state index < -0.39 is 0 Å². The first-order chi connectivity index (χ1) is 16.9. The predicted octanol–water partition coefficient (Wildman–Crippen LogP) is 5.31. The molecule has 5 rings (SSSR count). The van der Waals surface area contributed by atoms with Crippen molar-refractivity contribution in [2.75, 3.05) is 19.6 Å². The van der Waals surface area contributed by atoms with Crippen molar-refractivity contribution in [3.63, 3.8) is 0 Å². The van der Waals surface area contributed by atoms with Crippen molar-refractivity contribution >= 4 is 0 Å². The van der Waals surface area contributed by atoms with Gasteiger partial charge in [0.05, 0.1) is 11.7 Å². The Hall–Kier alpha value is -2.82. The zero-order chi connectivity index (χ0) is 23.0. The van der Waals surface area contributed by atoms with E-state index in [1.165, 1.54) is 55.3 Å². The Bertz CT molecular complexity index is 1080. The van der Waals surface area contributed by atoms with Gasteiger partial charge in [0, 0.05) is 44.8 Å². The first-order valence-corrected chi connectivity index (χ1v) is 12.9. The number of benzene rings is 1. The lowest BCUT2D eigenvalue weighted by atomic mass is 9.83. The number of aryl methyl sites for hydroxylation is 2. The van der Waals surface area contributed by atoms with Gasteiger partial charge in [-0.3, -0.25) is 14.9 Å². The van der Waals surface area contributed by atoms with Gasteiger partial charge < -0.3 is 5.32 Å². The molecular weight excluding hydrogens is 416 g/mol. The maximum absolute atomic E-state index is 4.86. The molecule has 3 aromatic rings. The quantitative estimate of drug-likeness (QED) is 0.353. The normalized spacial score (nSPS) is 19.8. The van der Waals surface area contributed by atoms with Crippen LogP contribution in [-0.4, -0.2) is 34.5 Å². The monoisotopic (exact) mass is 452 g/mol. The van der Waals surface area contributed by atoms with E-state index in [9.17, 15) is 0 Å². The molecule has 2 aliphatic rings. The molecule has 0 saturated heterocycles. The van der Waals surface area contributed by atoms with Crippen LogP contribution in [0.25, 0.3) is 0 Å². The molecule has 0 amide bonds. The largest absolute Gasteiger partial charge is 0.309 e. The molecule has 2 aliphatic carbocycles. The molecule has 0 unspecified atom stereocenters. The summed E-state index contributed by atoms with van der Waals surface area (Å²) in [6, 6.07) is 17.9. The van der Waals surface area contributed by atoms with Gasteiger partial charge in [-0.15, -0.1) is 0 Å². The molecule has 2 heterocycles. The molecule has 0 saturated carbocycles. The second-order valence-corrected chi connectivity index (χ2v) is 9.75. The molecular formula is C30H36N4. The van der Waals surface area contributed by atoms with Crippen LogP contribution in [-0.2, 0) is 25.8 Å². The van der Waals surface area contributed by atoms with Crippen LogP contribution in [0.5, 0.6) is 0 Å². The maximum atomic E-state index is 4.86. The van der Waals surface area contributed by atoms with Crippen LogP contribution in [0.3, 0.4) is 0 Å². The molecule has 4 nitrogen and oxygen atoms in total. The third kappa shape index (κ3) is 5.81. The summed E-state index contributed by atoms with van der Waals surface area (Å²) in [4.78, 5) is 11.8. The number of hydrogen-bond acceptors (Lipinski definition) is 4. The van der Waals surface area contributed by atoms with Gasteiger partial charge >= 0.3 is 0 Å². The van der Waals surface area contributed by atoms with Crippen molar-refractivity contribution in [2.45, 2.75) is 51.1 Å². The lowest BCUT2D eigenvalue weighted by molar-refractivity contribution is 0.158. The smallest absolute Gasteiger partial charge is 0.0607 e. The standard InChI is InChI=1S/C30H36N4/c1-2-10-28-20-24(14-15-26(28)9-1)23-34(29-13-5-11-27-12-7-18-33-30(27)29)19-4-3-16-31-21-25-8-6-17-32-22-25/h1-4,6-10,12,17-18,22,24,29,31H,5,11,13-16,19-21,23H2/b4-3+/t24-,29+/m1/s1. The Morgan fingerprint density at radius 2 is 1.79 bits per heavy atom. The van der Waals surface area contributed by atoms with E-state index in [0.717, 1.165) is 26.2 Å². The molecule has 0 aliphatic heterocycles. The van der Waals surface area contributed by atoms with Gasteiger partial charge in [0.25, 0.3) is 0 Å². The predicted molar refractivity (Wildman–Crippen MR) is 139 cm³/mol. The minimum absolute atomic E-state index is 0.426. The highest BCUT2D eigenvalue weighted by Crippen LogP contribution is 2.35. The van der Waals surface area contributed by atoms with Crippen molar-refractivity contribution in [3.8, 4) is 0 Å². The van der Waals surface area contributed by atoms with Gasteiger partial charge in [0.2, 0.25) is 0 Å². The Kier molecular flexibility index (Phi) is 7.79. The van der Waals surface area contributed by atoms with E-state index in [0.29, 0.717) is 12.0 Å². The number of nitrogens with zero attached hydrogens (tertiary/aromatic N) is 3. The average molecular weight is 453 g/mol. The van der Waals surface area contributed by atoms with Crippen molar-refractivity contribution in [1.29, 1.82) is 0 Å². The fraction of sp³-hybridized carbons (Fsp3) is 0.400. The van der Waals surface area contributed by atoms with Crippen LogP contribution in [0, 0.1) is 5.92 Å². The highest BCUT2D eigenvalue weighted by atomic mass is 15.2. The summed E-state index contributed by atoms with van der Waals surface area (Å²) in [5, 5.41) is 3.51. The number of fused-ring (bicyclic) bond motifs is 2. The zero-order valence-electron chi connectivity index (χ0n) is 20.1. The van der Waals surface area contributed by atoms with E-state index >= 15 is 0 Å². The fourth-order valence-corrected chi connectivity index (χ4v) is 5.63. The minimum Gasteiger partial charge on any atom is -0.309 e. The highest BCUT2D eigenvalue weighted by molar-refractivity contribution is 5.30. The van der Waals surface area contributed by atoms with E-state index in [1.54, 1.807) is 11.1 Å². The zero-order valence-corrected chi connectivity index (χ0v) is 20.1. The summed E-state index contributed by atoms with van der Waals surface area (Å²) in [5.41, 5.74) is 7.08. The molecule has 1 aromatic carbocycles. The first-order valence-electron chi connectivity index (χ1n) is 12.9. The van der Waals surface area contributed by atoms with Crippen LogP contribution >= 0.6 is 0 Å². The van der Waals surface area contributed by atoms with Crippen LogP contribution in [0.1, 0.15) is 53.3 Å². The topological polar surface area (TPSA) is 41.1 Å². The van der Waals surface area contributed by atoms with Crippen LogP contribution in [0.15, 0.2) is 79.3 Å². The molecule has 0 bridgehead atoms. The number of rotatable bonds is 9. The van der Waals surface area contributed by atoms with Gasteiger partial charge in [0.1, 0.15) is 0 Å². The summed E-state index contributed by atoms with van der Waals surface area (Å²) >= 11 is 0. The molecule has 4 heteroatoms. The van der Waals surface area contributed by atoms with E-state index in [2.05, 4.69) is 69.8 Å². The average Bonchev–Trinajstić information content (AvgIpc) is 2.90. The summed E-state index contributed by atoms with van der Waals surface area (Å²) in [5.74, 6) is 0.709. The van der Waals surface area contributed by atoms with E-state index in [4.69, 9.17) is 4.98 Å². The summed E-state index contributed by atoms with van der Waals surface area (Å²) in [6.07, 6.45) is 17.7. The Balaban J connectivity index is 1.24. The van der Waals surface area contributed by atoms with Gasteiger partial charge in [-0.1, -0.05) is 48.6 Å². The molecule has 34 heavy (non-hydrogen) atoms. The fourth-order valence-electron chi connectivity index (χ4n) is 5.63. The Morgan fingerprint density at radius 1 is 0.912 bits per heavy atom. The lowest BCUT2D eigenvalue weighted by Gasteiger charge is -2.37. The number of aromatic nitrogens is 2. The van der Waals surface area contributed by atoms with Crippen LogP contribution in [0.4, 0.5) is 0 Å². The number of nitrogens with one attached hydrogen (secondary N) is 1. The highest BCUT2D eigenvalue weighted by Gasteiger charge is 2.29. The third-order valence-electron chi connectivity index (χ3n) is 7.37. The van der Waals surface area contributed by atoms with Gasteiger partial charge in [0.15, 0.2) is 0 Å². The molecule has 1 N–H and O–H groups in total. The first kappa shape index (κ1) is 22.9. The van der Waals surface area contributed by atoms with Crippen molar-refractivity contribution in [3.05, 3.63) is 107 Å². The number of hydrogen-bond donors (Lipinski definition) is 1. The molecule has 0 spiro atoms. The van der Waals surface area contributed by atoms with Crippen molar-refractivity contribution in [2.24, 2.45) is 5.92 Å². The Labute approximate surface area is 204 Å².